The van der Waals surface area contributed by atoms with Crippen molar-refractivity contribution >= 4 is 11.6 Å². The summed E-state index contributed by atoms with van der Waals surface area (Å²) in [6.07, 6.45) is 2.47. The smallest absolute Gasteiger partial charge is 0.221 e. The van der Waals surface area contributed by atoms with E-state index in [1.165, 1.54) is 0 Å². The summed E-state index contributed by atoms with van der Waals surface area (Å²) in [4.78, 5) is 13.0. The molecule has 0 amide bonds. The second-order valence-electron chi connectivity index (χ2n) is 6.19. The number of nitrogens with two attached hydrogens (primary N) is 1. The molecule has 0 radical (unpaired) electrons. The molecule has 0 spiro atoms. The lowest BCUT2D eigenvalue weighted by Crippen LogP contribution is -2.09. The quantitative estimate of drug-likeness (QED) is 0.532. The SMILES string of the molecule is CCc1cccc(CN/C=C(\N=N)c2cc(-c3cccc(C#N)c3)nc(N)n2)n1. The third-order valence-electron chi connectivity index (χ3n) is 4.16. The molecule has 2 aromatic heterocycles. The summed E-state index contributed by atoms with van der Waals surface area (Å²) in [7, 11) is 0. The summed E-state index contributed by atoms with van der Waals surface area (Å²) < 4.78 is 0. The largest absolute Gasteiger partial charge is 0.383 e. The van der Waals surface area contributed by atoms with Crippen LogP contribution in [0.1, 0.15) is 29.6 Å². The van der Waals surface area contributed by atoms with Crippen molar-refractivity contribution in [1.29, 1.82) is 10.8 Å². The standard InChI is InChI=1S/C21H20N8/c1-2-16-7-4-8-17(26-16)12-25-13-20(29-24)19-10-18(27-21(23)28-19)15-6-3-5-14(9-15)11-22/h3-10,13,24-25H,2,12H2,1H3,(H2,23,27,28)/b20-13-,29-24?. The van der Waals surface area contributed by atoms with E-state index in [-0.39, 0.29) is 5.95 Å². The van der Waals surface area contributed by atoms with Crippen molar-refractivity contribution in [2.75, 3.05) is 5.73 Å². The van der Waals surface area contributed by atoms with Gasteiger partial charge >= 0.3 is 0 Å². The molecule has 8 heteroatoms. The van der Waals surface area contributed by atoms with Crippen LogP contribution in [0.3, 0.4) is 0 Å². The van der Waals surface area contributed by atoms with E-state index in [0.717, 1.165) is 23.4 Å². The molecule has 0 fully saturated rings. The van der Waals surface area contributed by atoms with E-state index in [0.29, 0.717) is 29.2 Å². The van der Waals surface area contributed by atoms with Crippen molar-refractivity contribution in [3.05, 3.63) is 77.4 Å². The first-order chi connectivity index (χ1) is 14.1. The van der Waals surface area contributed by atoms with E-state index < -0.39 is 0 Å². The van der Waals surface area contributed by atoms with Crippen LogP contribution in [0.5, 0.6) is 0 Å². The van der Waals surface area contributed by atoms with Crippen LogP contribution in [0.2, 0.25) is 0 Å². The normalized spacial score (nSPS) is 11.0. The topological polar surface area (TPSA) is 137 Å². The van der Waals surface area contributed by atoms with Gasteiger partial charge < -0.3 is 11.1 Å². The van der Waals surface area contributed by atoms with Crippen molar-refractivity contribution in [3.63, 3.8) is 0 Å². The molecule has 3 rings (SSSR count). The zero-order chi connectivity index (χ0) is 20.6. The van der Waals surface area contributed by atoms with Crippen molar-refractivity contribution in [3.8, 4) is 17.3 Å². The van der Waals surface area contributed by atoms with Crippen LogP contribution in [-0.2, 0) is 13.0 Å². The first-order valence-corrected chi connectivity index (χ1v) is 9.04. The van der Waals surface area contributed by atoms with Gasteiger partial charge in [-0.2, -0.15) is 10.4 Å². The van der Waals surface area contributed by atoms with Gasteiger partial charge in [0, 0.05) is 17.5 Å². The van der Waals surface area contributed by atoms with Gasteiger partial charge in [-0.3, -0.25) is 4.98 Å². The molecule has 0 saturated heterocycles. The van der Waals surface area contributed by atoms with Crippen molar-refractivity contribution < 1.29 is 0 Å². The summed E-state index contributed by atoms with van der Waals surface area (Å²) >= 11 is 0. The van der Waals surface area contributed by atoms with Gasteiger partial charge in [-0.25, -0.2) is 15.5 Å². The summed E-state index contributed by atoms with van der Waals surface area (Å²) in [6.45, 7) is 2.55. The lowest BCUT2D eigenvalue weighted by molar-refractivity contribution is 0.820. The maximum absolute atomic E-state index is 9.10. The Morgan fingerprint density at radius 1 is 1.17 bits per heavy atom. The number of aromatic nitrogens is 3. The fraction of sp³-hybridized carbons (Fsp3) is 0.143. The highest BCUT2D eigenvalue weighted by Crippen LogP contribution is 2.23. The molecule has 4 N–H and O–H groups in total. The second-order valence-corrected chi connectivity index (χ2v) is 6.19. The maximum Gasteiger partial charge on any atom is 0.221 e. The number of nitrogens with zero attached hydrogens (tertiary/aromatic N) is 5. The molecule has 0 unspecified atom stereocenters. The monoisotopic (exact) mass is 384 g/mol. The van der Waals surface area contributed by atoms with Crippen molar-refractivity contribution in [2.24, 2.45) is 5.11 Å². The third kappa shape index (κ3) is 4.99. The van der Waals surface area contributed by atoms with Gasteiger partial charge in [0.1, 0.15) is 5.70 Å². The van der Waals surface area contributed by atoms with E-state index in [4.69, 9.17) is 16.5 Å². The average Bonchev–Trinajstić information content (AvgIpc) is 2.76. The molecule has 0 atom stereocenters. The minimum atomic E-state index is 0.0618. The highest BCUT2D eigenvalue weighted by molar-refractivity contribution is 5.69. The minimum Gasteiger partial charge on any atom is -0.383 e. The third-order valence-corrected chi connectivity index (χ3v) is 4.16. The number of hydrogen-bond acceptors (Lipinski definition) is 8. The maximum atomic E-state index is 9.10. The van der Waals surface area contributed by atoms with Crippen molar-refractivity contribution in [2.45, 2.75) is 19.9 Å². The Morgan fingerprint density at radius 3 is 2.72 bits per heavy atom. The molecule has 144 valence electrons. The number of nitrogen functional groups attached to an aromatic ring is 1. The van der Waals surface area contributed by atoms with Crippen LogP contribution < -0.4 is 11.1 Å². The molecular formula is C21H20N8. The highest BCUT2D eigenvalue weighted by Gasteiger charge is 2.10. The Bertz CT molecular complexity index is 1100. The second kappa shape index (κ2) is 9.19. The van der Waals surface area contributed by atoms with Crippen LogP contribution >= 0.6 is 0 Å². The predicted molar refractivity (Wildman–Crippen MR) is 110 cm³/mol. The fourth-order valence-corrected chi connectivity index (χ4v) is 2.73. The molecule has 2 heterocycles. The van der Waals surface area contributed by atoms with Crippen LogP contribution in [0.25, 0.3) is 17.0 Å². The zero-order valence-corrected chi connectivity index (χ0v) is 15.9. The Balaban J connectivity index is 1.85. The number of hydrogen-bond donors (Lipinski definition) is 3. The Morgan fingerprint density at radius 2 is 1.97 bits per heavy atom. The lowest BCUT2D eigenvalue weighted by atomic mass is 10.1. The highest BCUT2D eigenvalue weighted by atomic mass is 15.1. The molecule has 29 heavy (non-hydrogen) atoms. The van der Waals surface area contributed by atoms with Gasteiger partial charge in [0.25, 0.3) is 0 Å². The first-order valence-electron chi connectivity index (χ1n) is 9.04. The summed E-state index contributed by atoms with van der Waals surface area (Å²) in [5.41, 5.74) is 17.8. The summed E-state index contributed by atoms with van der Waals surface area (Å²) in [5, 5.41) is 15.8. The number of pyridine rings is 1. The molecule has 0 aliphatic heterocycles. The Kier molecular flexibility index (Phi) is 6.22. The van der Waals surface area contributed by atoms with E-state index in [9.17, 15) is 0 Å². The van der Waals surface area contributed by atoms with Gasteiger partial charge in [0.15, 0.2) is 0 Å². The molecule has 3 aromatic rings. The number of anilines is 1. The van der Waals surface area contributed by atoms with Gasteiger partial charge in [-0.15, -0.1) is 0 Å². The summed E-state index contributed by atoms with van der Waals surface area (Å²) in [5.74, 6) is 0.0618. The van der Waals surface area contributed by atoms with Crippen LogP contribution in [0, 0.1) is 16.9 Å². The van der Waals surface area contributed by atoms with E-state index in [2.05, 4.69) is 38.4 Å². The zero-order valence-electron chi connectivity index (χ0n) is 15.9. The van der Waals surface area contributed by atoms with E-state index in [1.54, 1.807) is 30.5 Å². The molecule has 0 aliphatic rings. The van der Waals surface area contributed by atoms with Crippen molar-refractivity contribution in [1.82, 2.24) is 20.3 Å². The lowest BCUT2D eigenvalue weighted by Gasteiger charge is -2.07. The average molecular weight is 384 g/mol. The van der Waals surface area contributed by atoms with Crippen LogP contribution in [0.4, 0.5) is 5.95 Å². The predicted octanol–water partition coefficient (Wildman–Crippen LogP) is 3.67. The number of rotatable bonds is 7. The molecule has 8 nitrogen and oxygen atoms in total. The van der Waals surface area contributed by atoms with Gasteiger partial charge in [0.2, 0.25) is 5.95 Å². The first kappa shape index (κ1) is 19.6. The Hall–Kier alpha value is -4.12. The molecular weight excluding hydrogens is 364 g/mol. The summed E-state index contributed by atoms with van der Waals surface area (Å²) in [6, 6.07) is 16.7. The van der Waals surface area contributed by atoms with Gasteiger partial charge in [-0.1, -0.05) is 25.1 Å². The number of nitrogens with one attached hydrogen (secondary N) is 2. The number of aryl methyl sites for hydroxylation is 1. The van der Waals surface area contributed by atoms with Crippen LogP contribution in [-0.4, -0.2) is 15.0 Å². The number of benzene rings is 1. The van der Waals surface area contributed by atoms with E-state index >= 15 is 0 Å². The number of nitriles is 1. The molecule has 0 saturated carbocycles. The fourth-order valence-electron chi connectivity index (χ4n) is 2.73. The molecule has 0 aliphatic carbocycles. The van der Waals surface area contributed by atoms with Crippen LogP contribution in [0.15, 0.2) is 59.8 Å². The van der Waals surface area contributed by atoms with Gasteiger partial charge in [-0.05, 0) is 36.8 Å². The minimum absolute atomic E-state index is 0.0618. The molecule has 1 aromatic carbocycles. The van der Waals surface area contributed by atoms with Gasteiger partial charge in [0.05, 0.1) is 35.3 Å². The van der Waals surface area contributed by atoms with E-state index in [1.807, 2.05) is 24.3 Å². The Labute approximate surface area is 168 Å². The molecule has 0 bridgehead atoms.